The van der Waals surface area contributed by atoms with E-state index >= 15 is 0 Å². The van der Waals surface area contributed by atoms with Crippen molar-refractivity contribution in [2.45, 2.75) is 97.4 Å². The molecule has 4 N–H and O–H groups in total. The predicted molar refractivity (Wildman–Crippen MR) is 155 cm³/mol. The Kier molecular flexibility index (Phi) is 12.3. The molecule has 2 aromatic rings. The molecule has 0 saturated carbocycles. The molecule has 0 aliphatic rings. The summed E-state index contributed by atoms with van der Waals surface area (Å²) in [4.78, 5) is 42.4. The predicted octanol–water partition coefficient (Wildman–Crippen LogP) is 5.21. The molecule has 2 aromatic carbocycles. The first-order valence-corrected chi connectivity index (χ1v) is 14.0. The molecule has 9 nitrogen and oxygen atoms in total. The zero-order valence-electron chi connectivity index (χ0n) is 24.6. The number of phenolic OH excluding ortho intramolecular Hbond substituents is 2. The van der Waals surface area contributed by atoms with Crippen molar-refractivity contribution in [3.8, 4) is 11.5 Å². The first-order valence-electron chi connectivity index (χ1n) is 14.0. The highest BCUT2D eigenvalue weighted by molar-refractivity contribution is 5.93. The summed E-state index contributed by atoms with van der Waals surface area (Å²) < 4.78 is 5.45. The monoisotopic (exact) mass is 555 g/mol. The highest BCUT2D eigenvalue weighted by atomic mass is 16.6. The van der Waals surface area contributed by atoms with Crippen LogP contribution < -0.4 is 10.6 Å². The minimum atomic E-state index is -1.13. The molecule has 0 radical (unpaired) electrons. The maximum atomic E-state index is 14.4. The Morgan fingerprint density at radius 3 is 2.20 bits per heavy atom. The van der Waals surface area contributed by atoms with Gasteiger partial charge < -0.3 is 30.5 Å². The smallest absolute Gasteiger partial charge is 0.408 e. The normalized spacial score (nSPS) is 13.6. The average Bonchev–Trinajstić information content (AvgIpc) is 2.89. The number of benzene rings is 2. The summed E-state index contributed by atoms with van der Waals surface area (Å²) in [6.45, 7) is 11.4. The largest absolute Gasteiger partial charge is 0.508 e. The maximum absolute atomic E-state index is 14.4. The van der Waals surface area contributed by atoms with Crippen molar-refractivity contribution in [1.82, 2.24) is 15.5 Å². The van der Waals surface area contributed by atoms with Gasteiger partial charge in [0.2, 0.25) is 11.8 Å². The topological polar surface area (TPSA) is 128 Å². The van der Waals surface area contributed by atoms with Crippen LogP contribution in [0.25, 0.3) is 0 Å². The summed E-state index contributed by atoms with van der Waals surface area (Å²) in [6, 6.07) is 10.2. The Labute approximate surface area is 237 Å². The minimum Gasteiger partial charge on any atom is -0.508 e. The SMILES string of the molecule is CCCCCNC(=O)C(c1ccccc1O)N(C(=O)C(Cc1ccc(O)cc1)NC(=O)OC(C)(C)C)C(C)CC. The fourth-order valence-corrected chi connectivity index (χ4v) is 4.31. The van der Waals surface area contributed by atoms with Gasteiger partial charge in [0.05, 0.1) is 0 Å². The van der Waals surface area contributed by atoms with Crippen molar-refractivity contribution < 1.29 is 29.3 Å². The molecule has 220 valence electrons. The molecule has 40 heavy (non-hydrogen) atoms. The Bertz CT molecular complexity index is 1110. The lowest BCUT2D eigenvalue weighted by molar-refractivity contribution is -0.145. The van der Waals surface area contributed by atoms with E-state index in [1.54, 1.807) is 51.1 Å². The van der Waals surface area contributed by atoms with Gasteiger partial charge >= 0.3 is 6.09 Å². The summed E-state index contributed by atoms with van der Waals surface area (Å²) in [5.41, 5.74) is 0.202. The Balaban J connectivity index is 2.55. The summed E-state index contributed by atoms with van der Waals surface area (Å²) in [5, 5.41) is 26.1. The van der Waals surface area contributed by atoms with Crippen LogP contribution in [0.1, 0.15) is 84.4 Å². The Hall–Kier alpha value is -3.75. The Morgan fingerprint density at radius 2 is 1.62 bits per heavy atom. The zero-order chi connectivity index (χ0) is 29.9. The third-order valence-electron chi connectivity index (χ3n) is 6.52. The number of para-hydroxylation sites is 1. The van der Waals surface area contributed by atoms with Crippen molar-refractivity contribution in [2.75, 3.05) is 6.54 Å². The number of nitrogens with zero attached hydrogens (tertiary/aromatic N) is 1. The van der Waals surface area contributed by atoms with E-state index in [1.165, 1.54) is 23.1 Å². The molecule has 9 heteroatoms. The van der Waals surface area contributed by atoms with Crippen LogP contribution in [0.15, 0.2) is 48.5 Å². The Morgan fingerprint density at radius 1 is 0.975 bits per heavy atom. The molecule has 0 aromatic heterocycles. The van der Waals surface area contributed by atoms with Gasteiger partial charge in [-0.3, -0.25) is 9.59 Å². The molecule has 2 rings (SSSR count). The number of hydrogen-bond donors (Lipinski definition) is 4. The van der Waals surface area contributed by atoms with E-state index < -0.39 is 41.6 Å². The second kappa shape index (κ2) is 15.1. The van der Waals surface area contributed by atoms with E-state index in [-0.39, 0.29) is 17.9 Å². The van der Waals surface area contributed by atoms with Crippen molar-refractivity contribution in [1.29, 1.82) is 0 Å². The van der Waals surface area contributed by atoms with Crippen molar-refractivity contribution in [2.24, 2.45) is 0 Å². The van der Waals surface area contributed by atoms with Crippen LogP contribution in [-0.2, 0) is 20.7 Å². The van der Waals surface area contributed by atoms with Crippen LogP contribution in [-0.4, -0.2) is 57.3 Å². The van der Waals surface area contributed by atoms with Crippen LogP contribution in [0.4, 0.5) is 4.79 Å². The third kappa shape index (κ3) is 9.77. The second-order valence-corrected chi connectivity index (χ2v) is 11.0. The van der Waals surface area contributed by atoms with Crippen molar-refractivity contribution in [3.05, 3.63) is 59.7 Å². The van der Waals surface area contributed by atoms with Crippen molar-refractivity contribution in [3.63, 3.8) is 0 Å². The lowest BCUT2D eigenvalue weighted by Crippen LogP contribution is -2.56. The first-order chi connectivity index (χ1) is 18.9. The number of alkyl carbamates (subject to hydrolysis) is 1. The molecule has 0 saturated heterocycles. The van der Waals surface area contributed by atoms with Gasteiger partial charge in [-0.15, -0.1) is 0 Å². The molecular formula is C31H45N3O6. The molecule has 0 aliphatic carbocycles. The number of aromatic hydroxyl groups is 2. The van der Waals surface area contributed by atoms with Gasteiger partial charge in [-0.05, 0) is 64.3 Å². The molecule has 3 unspecified atom stereocenters. The maximum Gasteiger partial charge on any atom is 0.408 e. The number of ether oxygens (including phenoxy) is 1. The zero-order valence-corrected chi connectivity index (χ0v) is 24.6. The van der Waals surface area contributed by atoms with E-state index in [9.17, 15) is 24.6 Å². The van der Waals surface area contributed by atoms with Gasteiger partial charge in [0.1, 0.15) is 29.2 Å². The summed E-state index contributed by atoms with van der Waals surface area (Å²) in [7, 11) is 0. The summed E-state index contributed by atoms with van der Waals surface area (Å²) >= 11 is 0. The average molecular weight is 556 g/mol. The van der Waals surface area contributed by atoms with Gasteiger partial charge in [-0.2, -0.15) is 0 Å². The summed E-state index contributed by atoms with van der Waals surface area (Å²) in [5.74, 6) is -0.933. The minimum absolute atomic E-state index is 0.0762. The number of phenols is 2. The van der Waals surface area contributed by atoms with E-state index in [0.717, 1.165) is 19.3 Å². The van der Waals surface area contributed by atoms with E-state index in [2.05, 4.69) is 17.6 Å². The number of hydrogen-bond acceptors (Lipinski definition) is 6. The van der Waals surface area contributed by atoms with Gasteiger partial charge in [0.15, 0.2) is 0 Å². The van der Waals surface area contributed by atoms with E-state index in [4.69, 9.17) is 4.74 Å². The molecule has 0 bridgehead atoms. The molecule has 3 amide bonds. The number of rotatable bonds is 13. The molecule has 0 aliphatic heterocycles. The number of carbonyl (C=O) groups is 3. The number of unbranched alkanes of at least 4 members (excludes halogenated alkanes) is 2. The molecule has 0 spiro atoms. The van der Waals surface area contributed by atoms with Crippen LogP contribution in [0.5, 0.6) is 11.5 Å². The second-order valence-electron chi connectivity index (χ2n) is 11.0. The van der Waals surface area contributed by atoms with Gasteiger partial charge in [-0.25, -0.2) is 4.79 Å². The quantitative estimate of drug-likeness (QED) is 0.251. The van der Waals surface area contributed by atoms with Crippen LogP contribution in [0.3, 0.4) is 0 Å². The lowest BCUT2D eigenvalue weighted by Gasteiger charge is -2.38. The van der Waals surface area contributed by atoms with Crippen LogP contribution in [0, 0.1) is 0 Å². The third-order valence-corrected chi connectivity index (χ3v) is 6.52. The van der Waals surface area contributed by atoms with Gasteiger partial charge in [-0.1, -0.05) is 57.0 Å². The highest BCUT2D eigenvalue weighted by Crippen LogP contribution is 2.32. The van der Waals surface area contributed by atoms with Gasteiger partial charge in [0, 0.05) is 24.6 Å². The van der Waals surface area contributed by atoms with Crippen molar-refractivity contribution >= 4 is 17.9 Å². The lowest BCUT2D eigenvalue weighted by atomic mass is 9.97. The molecule has 0 fully saturated rings. The number of amides is 3. The fraction of sp³-hybridized carbons (Fsp3) is 0.516. The van der Waals surface area contributed by atoms with Crippen LogP contribution >= 0.6 is 0 Å². The highest BCUT2D eigenvalue weighted by Gasteiger charge is 2.39. The van der Waals surface area contributed by atoms with E-state index in [0.29, 0.717) is 24.1 Å². The number of carbonyl (C=O) groups excluding carboxylic acids is 3. The first kappa shape index (κ1) is 32.5. The summed E-state index contributed by atoms with van der Waals surface area (Å²) in [6.07, 6.45) is 2.58. The molecule has 3 atom stereocenters. The fourth-order valence-electron chi connectivity index (χ4n) is 4.31. The van der Waals surface area contributed by atoms with Crippen LogP contribution in [0.2, 0.25) is 0 Å². The molecule has 0 heterocycles. The molecular weight excluding hydrogens is 510 g/mol. The van der Waals surface area contributed by atoms with Gasteiger partial charge in [0.25, 0.3) is 0 Å². The number of nitrogens with one attached hydrogen (secondary N) is 2. The standard InChI is InChI=1S/C31H45N3O6/c1-7-9-12-19-32-28(37)27(24-13-10-11-14-26(24)36)34(21(3)8-2)29(38)25(33-30(39)40-31(4,5)6)20-22-15-17-23(35)18-16-22/h10-11,13-18,21,25,27,35-36H,7-9,12,19-20H2,1-6H3,(H,32,37)(H,33,39). The van der Waals surface area contributed by atoms with E-state index in [1.807, 2.05) is 13.8 Å².